The van der Waals surface area contributed by atoms with Gasteiger partial charge in [-0.3, -0.25) is 0 Å². The van der Waals surface area contributed by atoms with E-state index in [-0.39, 0.29) is 6.61 Å². The Kier molecular flexibility index (Phi) is 3.17. The minimum atomic E-state index is 0.126. The molecule has 1 aliphatic rings. The molecule has 1 aromatic carbocycles. The maximum Gasteiger partial charge on any atom is 0.0681 e. The summed E-state index contributed by atoms with van der Waals surface area (Å²) >= 11 is 0. The van der Waals surface area contributed by atoms with Crippen LogP contribution in [-0.4, -0.2) is 18.3 Å². The van der Waals surface area contributed by atoms with Gasteiger partial charge in [0.1, 0.15) is 0 Å². The fourth-order valence-electron chi connectivity index (χ4n) is 1.90. The number of aliphatic hydroxyl groups excluding tert-OH is 1. The Morgan fingerprint density at radius 3 is 2.64 bits per heavy atom. The first-order chi connectivity index (χ1) is 6.90. The van der Waals surface area contributed by atoms with Gasteiger partial charge in [-0.2, -0.15) is 0 Å². The quantitative estimate of drug-likeness (QED) is 0.777. The molecule has 0 aliphatic carbocycles. The molecule has 0 aromatic heterocycles. The van der Waals surface area contributed by atoms with Crippen LogP contribution >= 0.6 is 0 Å². The first-order valence-electron chi connectivity index (χ1n) is 5.17. The zero-order chi connectivity index (χ0) is 9.80. The standard InChI is InChI=1S/C12H16O2/c13-8-10-3-5-11(6-4-10)12-2-1-7-14-9-12/h3-6,12-13H,1-2,7-9H2/t12-/m0/s1. The fourth-order valence-corrected chi connectivity index (χ4v) is 1.90. The molecule has 2 heteroatoms. The molecular formula is C12H16O2. The van der Waals surface area contributed by atoms with Gasteiger partial charge < -0.3 is 9.84 Å². The topological polar surface area (TPSA) is 29.5 Å². The second-order valence-corrected chi connectivity index (χ2v) is 3.81. The van der Waals surface area contributed by atoms with Crippen molar-refractivity contribution in [3.05, 3.63) is 35.4 Å². The van der Waals surface area contributed by atoms with E-state index in [2.05, 4.69) is 12.1 Å². The van der Waals surface area contributed by atoms with Gasteiger partial charge in [-0.05, 0) is 24.0 Å². The Labute approximate surface area is 84.5 Å². The van der Waals surface area contributed by atoms with Crippen molar-refractivity contribution in [3.8, 4) is 0 Å². The maximum absolute atomic E-state index is 8.91. The van der Waals surface area contributed by atoms with E-state index in [9.17, 15) is 0 Å². The number of hydrogen-bond donors (Lipinski definition) is 1. The molecule has 1 fully saturated rings. The molecule has 0 unspecified atom stereocenters. The van der Waals surface area contributed by atoms with Crippen molar-refractivity contribution in [1.29, 1.82) is 0 Å². The third kappa shape index (κ3) is 2.14. The predicted octanol–water partition coefficient (Wildman–Crippen LogP) is 2.07. The van der Waals surface area contributed by atoms with E-state index in [1.54, 1.807) is 0 Å². The van der Waals surface area contributed by atoms with Gasteiger partial charge in [-0.25, -0.2) is 0 Å². The van der Waals surface area contributed by atoms with E-state index in [0.717, 1.165) is 25.2 Å². The lowest BCUT2D eigenvalue weighted by atomic mass is 9.93. The van der Waals surface area contributed by atoms with Crippen LogP contribution in [0.25, 0.3) is 0 Å². The summed E-state index contributed by atoms with van der Waals surface area (Å²) in [4.78, 5) is 0. The molecule has 0 amide bonds. The van der Waals surface area contributed by atoms with E-state index in [1.807, 2.05) is 12.1 Å². The first kappa shape index (κ1) is 9.69. The van der Waals surface area contributed by atoms with E-state index in [0.29, 0.717) is 5.92 Å². The number of hydrogen-bond acceptors (Lipinski definition) is 2. The Morgan fingerprint density at radius 2 is 2.07 bits per heavy atom. The average molecular weight is 192 g/mol. The second-order valence-electron chi connectivity index (χ2n) is 3.81. The van der Waals surface area contributed by atoms with E-state index >= 15 is 0 Å². The van der Waals surface area contributed by atoms with Crippen molar-refractivity contribution in [1.82, 2.24) is 0 Å². The van der Waals surface area contributed by atoms with Gasteiger partial charge in [0.2, 0.25) is 0 Å². The monoisotopic (exact) mass is 192 g/mol. The Morgan fingerprint density at radius 1 is 1.29 bits per heavy atom. The van der Waals surface area contributed by atoms with Crippen LogP contribution in [0.15, 0.2) is 24.3 Å². The van der Waals surface area contributed by atoms with Gasteiger partial charge in [0.05, 0.1) is 13.2 Å². The highest BCUT2D eigenvalue weighted by Crippen LogP contribution is 2.25. The summed E-state index contributed by atoms with van der Waals surface area (Å²) in [5.41, 5.74) is 2.31. The van der Waals surface area contributed by atoms with Gasteiger partial charge >= 0.3 is 0 Å². The highest BCUT2D eigenvalue weighted by Gasteiger charge is 2.15. The summed E-state index contributed by atoms with van der Waals surface area (Å²) in [6, 6.07) is 8.18. The van der Waals surface area contributed by atoms with Crippen molar-refractivity contribution in [2.75, 3.05) is 13.2 Å². The van der Waals surface area contributed by atoms with Crippen molar-refractivity contribution in [2.24, 2.45) is 0 Å². The molecule has 1 atom stereocenters. The summed E-state index contributed by atoms with van der Waals surface area (Å²) < 4.78 is 5.44. The van der Waals surface area contributed by atoms with Gasteiger partial charge in [0, 0.05) is 12.5 Å². The highest BCUT2D eigenvalue weighted by molar-refractivity contribution is 5.25. The molecule has 1 N–H and O–H groups in total. The maximum atomic E-state index is 8.91. The molecule has 1 aromatic rings. The Bertz CT molecular complexity index is 273. The average Bonchev–Trinajstić information content (AvgIpc) is 2.30. The molecule has 0 radical (unpaired) electrons. The smallest absolute Gasteiger partial charge is 0.0681 e. The lowest BCUT2D eigenvalue weighted by Crippen LogP contribution is -2.15. The van der Waals surface area contributed by atoms with Crippen LogP contribution in [-0.2, 0) is 11.3 Å². The SMILES string of the molecule is OCc1ccc([C@H]2CCCOC2)cc1. The predicted molar refractivity (Wildman–Crippen MR) is 55.2 cm³/mol. The van der Waals surface area contributed by atoms with Crippen LogP contribution in [0.3, 0.4) is 0 Å². The molecule has 1 saturated heterocycles. The largest absolute Gasteiger partial charge is 0.392 e. The second kappa shape index (κ2) is 4.58. The molecule has 1 aliphatic heterocycles. The number of benzene rings is 1. The molecule has 1 heterocycles. The summed E-state index contributed by atoms with van der Waals surface area (Å²) in [5.74, 6) is 0.552. The Balaban J connectivity index is 2.07. The summed E-state index contributed by atoms with van der Waals surface area (Å²) in [6.45, 7) is 1.88. The summed E-state index contributed by atoms with van der Waals surface area (Å²) in [5, 5.41) is 8.91. The van der Waals surface area contributed by atoms with Crippen LogP contribution in [0.5, 0.6) is 0 Å². The number of rotatable bonds is 2. The van der Waals surface area contributed by atoms with Crippen molar-refractivity contribution in [3.63, 3.8) is 0 Å². The van der Waals surface area contributed by atoms with E-state index in [1.165, 1.54) is 12.0 Å². The van der Waals surface area contributed by atoms with Crippen LogP contribution in [0.2, 0.25) is 0 Å². The highest BCUT2D eigenvalue weighted by atomic mass is 16.5. The zero-order valence-electron chi connectivity index (χ0n) is 8.28. The molecule has 0 bridgehead atoms. The summed E-state index contributed by atoms with van der Waals surface area (Å²) in [7, 11) is 0. The lowest BCUT2D eigenvalue weighted by Gasteiger charge is -2.22. The van der Waals surface area contributed by atoms with Gasteiger partial charge in [0.25, 0.3) is 0 Å². The molecule has 0 saturated carbocycles. The minimum Gasteiger partial charge on any atom is -0.392 e. The molecule has 14 heavy (non-hydrogen) atoms. The van der Waals surface area contributed by atoms with Crippen LogP contribution in [0, 0.1) is 0 Å². The van der Waals surface area contributed by atoms with Gasteiger partial charge in [-0.15, -0.1) is 0 Å². The molecule has 0 spiro atoms. The van der Waals surface area contributed by atoms with E-state index in [4.69, 9.17) is 9.84 Å². The first-order valence-corrected chi connectivity index (χ1v) is 5.17. The van der Waals surface area contributed by atoms with Gasteiger partial charge in [-0.1, -0.05) is 24.3 Å². The van der Waals surface area contributed by atoms with Crippen LogP contribution < -0.4 is 0 Å². The minimum absolute atomic E-state index is 0.126. The van der Waals surface area contributed by atoms with Crippen molar-refractivity contribution < 1.29 is 9.84 Å². The molecule has 2 rings (SSSR count). The fraction of sp³-hybridized carbons (Fsp3) is 0.500. The van der Waals surface area contributed by atoms with Crippen molar-refractivity contribution in [2.45, 2.75) is 25.4 Å². The molecule has 2 nitrogen and oxygen atoms in total. The summed E-state index contributed by atoms with van der Waals surface area (Å²) in [6.07, 6.45) is 2.38. The van der Waals surface area contributed by atoms with E-state index < -0.39 is 0 Å². The molecule has 76 valence electrons. The lowest BCUT2D eigenvalue weighted by molar-refractivity contribution is 0.0804. The molecular weight excluding hydrogens is 176 g/mol. The Hall–Kier alpha value is -0.860. The van der Waals surface area contributed by atoms with Crippen molar-refractivity contribution >= 4 is 0 Å². The zero-order valence-corrected chi connectivity index (χ0v) is 8.28. The van der Waals surface area contributed by atoms with Gasteiger partial charge in [0.15, 0.2) is 0 Å². The number of ether oxygens (including phenoxy) is 1. The van der Waals surface area contributed by atoms with Crippen LogP contribution in [0.4, 0.5) is 0 Å². The third-order valence-corrected chi connectivity index (χ3v) is 2.79. The van der Waals surface area contributed by atoms with Crippen LogP contribution in [0.1, 0.15) is 29.9 Å². The number of aliphatic hydroxyl groups is 1. The normalized spacial score (nSPS) is 22.2. The third-order valence-electron chi connectivity index (χ3n) is 2.79.